The van der Waals surface area contributed by atoms with Crippen molar-refractivity contribution >= 4 is 52.3 Å². The smallest absolute Gasteiger partial charge is 0.255 e. The second-order valence-corrected chi connectivity index (χ2v) is 10.5. The zero-order valence-corrected chi connectivity index (χ0v) is 22.9. The van der Waals surface area contributed by atoms with Crippen LogP contribution in [-0.2, 0) is 9.59 Å². The minimum Gasteiger partial charge on any atom is -0.497 e. The lowest BCUT2D eigenvalue weighted by Crippen LogP contribution is -2.57. The van der Waals surface area contributed by atoms with Crippen LogP contribution in [0.1, 0.15) is 23.2 Å². The molecule has 0 aromatic heterocycles. The highest BCUT2D eigenvalue weighted by molar-refractivity contribution is 6.36. The van der Waals surface area contributed by atoms with Gasteiger partial charge in [0.15, 0.2) is 0 Å². The first-order chi connectivity index (χ1) is 18.8. The van der Waals surface area contributed by atoms with Crippen molar-refractivity contribution in [1.82, 2.24) is 9.80 Å². The van der Waals surface area contributed by atoms with E-state index in [4.69, 9.17) is 27.9 Å². The molecule has 3 aromatic rings. The van der Waals surface area contributed by atoms with Crippen LogP contribution < -0.4 is 15.0 Å². The Kier molecular flexibility index (Phi) is 7.68. The highest BCUT2D eigenvalue weighted by Crippen LogP contribution is 2.40. The molecule has 0 unspecified atom stereocenters. The predicted octanol–water partition coefficient (Wildman–Crippen LogP) is 4.92. The second-order valence-electron chi connectivity index (χ2n) is 9.64. The molecule has 5 rings (SSSR count). The van der Waals surface area contributed by atoms with Crippen molar-refractivity contribution < 1.29 is 19.1 Å². The molecule has 39 heavy (non-hydrogen) atoms. The number of halogens is 2. The maximum Gasteiger partial charge on any atom is 0.255 e. The molecule has 1 N–H and O–H groups in total. The minimum absolute atomic E-state index is 0.0931. The van der Waals surface area contributed by atoms with Gasteiger partial charge >= 0.3 is 0 Å². The molecular formula is C29H28Cl2N4O4. The molecule has 10 heteroatoms. The van der Waals surface area contributed by atoms with Crippen molar-refractivity contribution in [2.45, 2.75) is 18.4 Å². The number of methoxy groups -OCH3 is 1. The first-order valence-corrected chi connectivity index (χ1v) is 13.4. The summed E-state index contributed by atoms with van der Waals surface area (Å²) in [4.78, 5) is 45.5. The number of anilines is 2. The molecule has 0 aliphatic carbocycles. The van der Waals surface area contributed by atoms with E-state index in [9.17, 15) is 14.4 Å². The van der Waals surface area contributed by atoms with E-state index in [2.05, 4.69) is 10.2 Å². The molecule has 0 atom stereocenters. The standard InChI is InChI=1S/C29H28Cl2N4O4/c1-39-23-9-5-6-21(17-23)32-26(36)18-34-19-35(22-7-3-2-4-8-22)29(28(34)38)12-14-33(15-13-29)27(37)24-11-10-20(30)16-25(24)31/h2-11,16-17H,12-15,18-19H2,1H3,(H,32,36). The number of nitrogens with zero attached hydrogens (tertiary/aromatic N) is 3. The van der Waals surface area contributed by atoms with Crippen LogP contribution >= 0.6 is 23.2 Å². The van der Waals surface area contributed by atoms with E-state index in [-0.39, 0.29) is 30.9 Å². The average Bonchev–Trinajstić information content (AvgIpc) is 3.19. The zero-order chi connectivity index (χ0) is 27.6. The van der Waals surface area contributed by atoms with Crippen molar-refractivity contribution in [2.24, 2.45) is 0 Å². The summed E-state index contributed by atoms with van der Waals surface area (Å²) >= 11 is 12.3. The molecule has 202 valence electrons. The van der Waals surface area contributed by atoms with Gasteiger partial charge in [0, 0.05) is 35.6 Å². The van der Waals surface area contributed by atoms with E-state index in [1.807, 2.05) is 30.3 Å². The summed E-state index contributed by atoms with van der Waals surface area (Å²) in [6.07, 6.45) is 0.845. The van der Waals surface area contributed by atoms with Crippen LogP contribution in [0, 0.1) is 0 Å². The number of likely N-dealkylation sites (tertiary alicyclic amines) is 1. The number of rotatable bonds is 6. The topological polar surface area (TPSA) is 82.2 Å². The Bertz CT molecular complexity index is 1390. The lowest BCUT2D eigenvalue weighted by molar-refractivity contribution is -0.136. The SMILES string of the molecule is COc1cccc(NC(=O)CN2CN(c3ccccc3)C3(CCN(C(=O)c4ccc(Cl)cc4Cl)CC3)C2=O)c1. The van der Waals surface area contributed by atoms with Gasteiger partial charge in [-0.3, -0.25) is 14.4 Å². The van der Waals surface area contributed by atoms with E-state index in [1.54, 1.807) is 59.4 Å². The monoisotopic (exact) mass is 566 g/mol. The third-order valence-electron chi connectivity index (χ3n) is 7.31. The van der Waals surface area contributed by atoms with Crippen molar-refractivity contribution in [3.05, 3.63) is 88.4 Å². The van der Waals surface area contributed by atoms with Crippen molar-refractivity contribution in [3.63, 3.8) is 0 Å². The van der Waals surface area contributed by atoms with Crippen molar-refractivity contribution in [2.75, 3.05) is 43.6 Å². The van der Waals surface area contributed by atoms with Gasteiger partial charge in [-0.15, -0.1) is 0 Å². The molecule has 8 nitrogen and oxygen atoms in total. The van der Waals surface area contributed by atoms with Crippen LogP contribution in [0.3, 0.4) is 0 Å². The molecule has 3 aromatic carbocycles. The molecule has 2 aliphatic heterocycles. The van der Waals surface area contributed by atoms with E-state index < -0.39 is 5.54 Å². The van der Waals surface area contributed by atoms with Gasteiger partial charge in [0.1, 0.15) is 17.8 Å². The summed E-state index contributed by atoms with van der Waals surface area (Å²) in [5, 5.41) is 3.61. The summed E-state index contributed by atoms with van der Waals surface area (Å²) in [6, 6.07) is 21.6. The molecule has 2 saturated heterocycles. The molecule has 1 spiro atoms. The first kappa shape index (κ1) is 26.8. The highest BCUT2D eigenvalue weighted by atomic mass is 35.5. The van der Waals surface area contributed by atoms with Gasteiger partial charge in [0.05, 0.1) is 24.4 Å². The molecule has 3 amide bonds. The fraction of sp³-hybridized carbons (Fsp3) is 0.276. The Morgan fingerprint density at radius 1 is 0.974 bits per heavy atom. The average molecular weight is 567 g/mol. The fourth-order valence-corrected chi connectivity index (χ4v) is 5.80. The second kappa shape index (κ2) is 11.2. The third kappa shape index (κ3) is 5.40. The van der Waals surface area contributed by atoms with Crippen LogP contribution in [0.15, 0.2) is 72.8 Å². The van der Waals surface area contributed by atoms with Gasteiger partial charge in [-0.1, -0.05) is 47.5 Å². The summed E-state index contributed by atoms with van der Waals surface area (Å²) < 4.78 is 5.23. The number of para-hydroxylation sites is 1. The van der Waals surface area contributed by atoms with E-state index in [1.165, 1.54) is 0 Å². The lowest BCUT2D eigenvalue weighted by atomic mass is 9.85. The van der Waals surface area contributed by atoms with Gasteiger partial charge in [-0.05, 0) is 55.3 Å². The van der Waals surface area contributed by atoms with Crippen LogP contribution in [0.2, 0.25) is 10.0 Å². The largest absolute Gasteiger partial charge is 0.497 e. The van der Waals surface area contributed by atoms with E-state index >= 15 is 0 Å². The number of carbonyl (C=O) groups excluding carboxylic acids is 3. The highest BCUT2D eigenvalue weighted by Gasteiger charge is 2.54. The number of amides is 3. The van der Waals surface area contributed by atoms with Gasteiger partial charge in [-0.2, -0.15) is 0 Å². The molecule has 2 fully saturated rings. The van der Waals surface area contributed by atoms with Gasteiger partial charge in [0.2, 0.25) is 5.91 Å². The van der Waals surface area contributed by atoms with E-state index in [0.29, 0.717) is 53.0 Å². The van der Waals surface area contributed by atoms with Crippen LogP contribution in [0.5, 0.6) is 5.75 Å². The molecule has 0 bridgehead atoms. The normalized spacial score (nSPS) is 16.5. The Labute approximate surface area is 237 Å². The summed E-state index contributed by atoms with van der Waals surface area (Å²) in [7, 11) is 1.56. The number of piperidine rings is 1. The van der Waals surface area contributed by atoms with Gasteiger partial charge < -0.3 is 24.8 Å². The number of carbonyl (C=O) groups is 3. The minimum atomic E-state index is -0.863. The first-order valence-electron chi connectivity index (χ1n) is 12.6. The quantitative estimate of drug-likeness (QED) is 0.458. The molecule has 0 saturated carbocycles. The van der Waals surface area contributed by atoms with Gasteiger partial charge in [-0.25, -0.2) is 0 Å². The maximum atomic E-state index is 13.9. The predicted molar refractivity (Wildman–Crippen MR) is 151 cm³/mol. The van der Waals surface area contributed by atoms with Crippen LogP contribution in [-0.4, -0.2) is 66.5 Å². The Balaban J connectivity index is 1.34. The van der Waals surface area contributed by atoms with Gasteiger partial charge in [0.25, 0.3) is 11.8 Å². The fourth-order valence-electron chi connectivity index (χ4n) is 5.31. The van der Waals surface area contributed by atoms with Crippen LogP contribution in [0.4, 0.5) is 11.4 Å². The Hall–Kier alpha value is -3.75. The molecule has 0 radical (unpaired) electrons. The van der Waals surface area contributed by atoms with E-state index in [0.717, 1.165) is 5.69 Å². The Morgan fingerprint density at radius 3 is 2.41 bits per heavy atom. The number of benzene rings is 3. The van der Waals surface area contributed by atoms with Crippen molar-refractivity contribution in [1.29, 1.82) is 0 Å². The summed E-state index contributed by atoms with van der Waals surface area (Å²) in [5.41, 5.74) is 0.999. The Morgan fingerprint density at radius 2 is 1.72 bits per heavy atom. The molecular weight excluding hydrogens is 539 g/mol. The number of ether oxygens (including phenoxy) is 1. The number of nitrogens with one attached hydrogen (secondary N) is 1. The lowest BCUT2D eigenvalue weighted by Gasteiger charge is -2.43. The van der Waals surface area contributed by atoms with Crippen LogP contribution in [0.25, 0.3) is 0 Å². The van der Waals surface area contributed by atoms with Crippen molar-refractivity contribution in [3.8, 4) is 5.75 Å². The summed E-state index contributed by atoms with van der Waals surface area (Å²) in [6.45, 7) is 0.920. The molecule has 2 aliphatic rings. The number of hydrogen-bond donors (Lipinski definition) is 1. The third-order valence-corrected chi connectivity index (χ3v) is 7.86. The summed E-state index contributed by atoms with van der Waals surface area (Å²) in [5.74, 6) is 0.00799. The zero-order valence-electron chi connectivity index (χ0n) is 21.4. The molecule has 2 heterocycles. The maximum absolute atomic E-state index is 13.9. The number of hydrogen-bond acceptors (Lipinski definition) is 5.